The minimum atomic E-state index is -1.61. The van der Waals surface area contributed by atoms with Crippen molar-refractivity contribution in [3.63, 3.8) is 0 Å². The number of imide groups is 1. The number of carbonyl (C=O) groups excluding carboxylic acids is 3. The molecule has 3 amide bonds. The molecule has 2 aliphatic heterocycles. The lowest BCUT2D eigenvalue weighted by molar-refractivity contribution is -0.123. The highest BCUT2D eigenvalue weighted by Gasteiger charge is 2.59. The average molecular weight is 344 g/mol. The molecule has 1 unspecified atom stereocenters. The molecule has 0 N–H and O–H groups in total. The Morgan fingerprint density at radius 1 is 1.12 bits per heavy atom. The maximum atomic E-state index is 13.0. The Morgan fingerprint density at radius 2 is 1.83 bits per heavy atom. The van der Waals surface area contributed by atoms with Gasteiger partial charge in [-0.3, -0.25) is 18.7 Å². The molecule has 7 heteroatoms. The van der Waals surface area contributed by atoms with Gasteiger partial charge in [0.15, 0.2) is 0 Å². The Hall–Kier alpha value is -2.28. The van der Waals surface area contributed by atoms with E-state index in [-0.39, 0.29) is 17.7 Å². The van der Waals surface area contributed by atoms with Crippen molar-refractivity contribution >= 4 is 34.4 Å². The number of carbonyl (C=O) groups is 3. The molecular formula is C17H16N2O4S. The molecule has 1 aromatic carbocycles. The van der Waals surface area contributed by atoms with Crippen LogP contribution in [0, 0.1) is 11.8 Å². The van der Waals surface area contributed by atoms with Gasteiger partial charge in [0.25, 0.3) is 5.91 Å². The second-order valence-corrected chi connectivity index (χ2v) is 7.57. The van der Waals surface area contributed by atoms with E-state index in [0.717, 1.165) is 0 Å². The summed E-state index contributed by atoms with van der Waals surface area (Å²) in [5.74, 6) is -2.17. The fraction of sp³-hybridized carbons (Fsp3) is 0.353. The summed E-state index contributed by atoms with van der Waals surface area (Å²) in [5.41, 5.74) is 0.943. The molecule has 6 nitrogen and oxygen atoms in total. The first-order valence-electron chi connectivity index (χ1n) is 7.91. The van der Waals surface area contributed by atoms with E-state index in [1.165, 1.54) is 9.21 Å². The summed E-state index contributed by atoms with van der Waals surface area (Å²) in [7, 11) is -1.61. The van der Waals surface area contributed by atoms with Crippen LogP contribution in [0.25, 0.3) is 0 Å². The van der Waals surface area contributed by atoms with Gasteiger partial charge in [-0.2, -0.15) is 0 Å². The molecular weight excluding hydrogens is 328 g/mol. The van der Waals surface area contributed by atoms with Gasteiger partial charge in [-0.15, -0.1) is 0 Å². The van der Waals surface area contributed by atoms with E-state index in [0.29, 0.717) is 24.2 Å². The van der Waals surface area contributed by atoms with Crippen LogP contribution < -0.4 is 4.90 Å². The van der Waals surface area contributed by atoms with Gasteiger partial charge in [0.1, 0.15) is 11.0 Å². The van der Waals surface area contributed by atoms with Gasteiger partial charge in [-0.05, 0) is 25.5 Å². The zero-order valence-corrected chi connectivity index (χ0v) is 13.9. The van der Waals surface area contributed by atoms with Gasteiger partial charge in [0, 0.05) is 12.1 Å². The van der Waals surface area contributed by atoms with Crippen LogP contribution in [0.3, 0.4) is 0 Å². The van der Waals surface area contributed by atoms with Crippen molar-refractivity contribution in [2.24, 2.45) is 11.8 Å². The van der Waals surface area contributed by atoms with Crippen LogP contribution in [-0.2, 0) is 25.4 Å². The molecule has 1 aliphatic carbocycles. The van der Waals surface area contributed by atoms with Crippen molar-refractivity contribution in [1.29, 1.82) is 0 Å². The number of fused-ring (bicyclic) bond motifs is 3. The van der Waals surface area contributed by atoms with Gasteiger partial charge in [-0.25, -0.2) is 9.11 Å². The molecule has 0 radical (unpaired) electrons. The highest BCUT2D eigenvalue weighted by atomic mass is 32.2. The number of rotatable bonds is 2. The molecule has 0 spiro atoms. The van der Waals surface area contributed by atoms with E-state index in [1.54, 1.807) is 37.3 Å². The quantitative estimate of drug-likeness (QED) is 0.751. The minimum Gasteiger partial charge on any atom is -0.274 e. The van der Waals surface area contributed by atoms with Crippen molar-refractivity contribution in [2.75, 3.05) is 11.4 Å². The van der Waals surface area contributed by atoms with E-state index in [2.05, 4.69) is 0 Å². The van der Waals surface area contributed by atoms with Crippen molar-refractivity contribution in [2.45, 2.75) is 18.6 Å². The highest BCUT2D eigenvalue weighted by molar-refractivity contribution is 7.84. The van der Waals surface area contributed by atoms with Crippen LogP contribution in [0.2, 0.25) is 0 Å². The third kappa shape index (κ3) is 1.87. The Labute approximate surface area is 141 Å². The summed E-state index contributed by atoms with van der Waals surface area (Å²) in [6, 6.07) is 8.74. The Kier molecular flexibility index (Phi) is 3.42. The van der Waals surface area contributed by atoms with Gasteiger partial charge < -0.3 is 0 Å². The number of amides is 3. The number of hydrogen-bond donors (Lipinski definition) is 0. The topological polar surface area (TPSA) is 74.8 Å². The van der Waals surface area contributed by atoms with Gasteiger partial charge in [0.2, 0.25) is 11.8 Å². The van der Waals surface area contributed by atoms with Crippen LogP contribution in [0.1, 0.15) is 13.3 Å². The standard InChI is InChI=1S/C17H16N2O4S/c1-2-18-15(20)12-9-8-11-13(14(12)24(18)23)17(22)19(16(11)21)10-6-4-3-5-7-10/h3-7,9,11,13-14H,2,8H2,1H3/t11-,13-,14+,24?/m1/s1. The highest BCUT2D eigenvalue weighted by Crippen LogP contribution is 2.45. The van der Waals surface area contributed by atoms with Crippen molar-refractivity contribution in [1.82, 2.24) is 4.31 Å². The molecule has 124 valence electrons. The average Bonchev–Trinajstić information content (AvgIpc) is 3.00. The molecule has 4 atom stereocenters. The van der Waals surface area contributed by atoms with Gasteiger partial charge in [-0.1, -0.05) is 24.3 Å². The lowest BCUT2D eigenvalue weighted by Crippen LogP contribution is -2.37. The fourth-order valence-corrected chi connectivity index (χ4v) is 5.58. The number of benzene rings is 1. The predicted molar refractivity (Wildman–Crippen MR) is 87.9 cm³/mol. The lowest BCUT2D eigenvalue weighted by atomic mass is 9.80. The predicted octanol–water partition coefficient (Wildman–Crippen LogP) is 1.02. The maximum absolute atomic E-state index is 13.0. The molecule has 0 bridgehead atoms. The molecule has 2 fully saturated rings. The third-order valence-corrected chi connectivity index (χ3v) is 6.75. The molecule has 4 rings (SSSR count). The van der Waals surface area contributed by atoms with Crippen LogP contribution in [0.15, 0.2) is 42.0 Å². The molecule has 24 heavy (non-hydrogen) atoms. The normalized spacial score (nSPS) is 32.0. The van der Waals surface area contributed by atoms with E-state index >= 15 is 0 Å². The molecule has 2 saturated heterocycles. The third-order valence-electron chi connectivity index (χ3n) is 4.91. The van der Waals surface area contributed by atoms with Crippen LogP contribution in [0.5, 0.6) is 0 Å². The Bertz CT molecular complexity index is 804. The SMILES string of the molecule is CCN1C(=O)C2=CC[C@H]3C(=O)N(c4ccccc4)C(=O)[C@H]3[C@H]2S1=O. The van der Waals surface area contributed by atoms with Crippen LogP contribution >= 0.6 is 0 Å². The number of anilines is 1. The lowest BCUT2D eigenvalue weighted by Gasteiger charge is -2.24. The first-order valence-corrected chi connectivity index (χ1v) is 9.08. The smallest absolute Gasteiger partial charge is 0.262 e. The fourth-order valence-electron chi connectivity index (χ4n) is 3.81. The largest absolute Gasteiger partial charge is 0.274 e. The maximum Gasteiger partial charge on any atom is 0.262 e. The Morgan fingerprint density at radius 3 is 2.50 bits per heavy atom. The molecule has 1 aromatic rings. The summed E-state index contributed by atoms with van der Waals surface area (Å²) < 4.78 is 14.0. The molecule has 0 aromatic heterocycles. The zero-order chi connectivity index (χ0) is 17.0. The number of para-hydroxylation sites is 1. The molecule has 2 heterocycles. The Balaban J connectivity index is 1.76. The van der Waals surface area contributed by atoms with Crippen LogP contribution in [0.4, 0.5) is 5.69 Å². The van der Waals surface area contributed by atoms with Crippen molar-refractivity contribution in [3.8, 4) is 0 Å². The number of nitrogens with zero attached hydrogens (tertiary/aromatic N) is 2. The number of hydrogen-bond acceptors (Lipinski definition) is 4. The van der Waals surface area contributed by atoms with Crippen molar-refractivity contribution in [3.05, 3.63) is 42.0 Å². The first-order chi connectivity index (χ1) is 11.6. The summed E-state index contributed by atoms with van der Waals surface area (Å²) in [6.07, 6.45) is 2.03. The van der Waals surface area contributed by atoms with Gasteiger partial charge >= 0.3 is 0 Å². The number of likely N-dealkylation sites (N-methyl/N-ethyl adjacent to an activating group) is 1. The summed E-state index contributed by atoms with van der Waals surface area (Å²) in [4.78, 5) is 39.3. The summed E-state index contributed by atoms with van der Waals surface area (Å²) >= 11 is 0. The van der Waals surface area contributed by atoms with Gasteiger partial charge in [0.05, 0.1) is 22.8 Å². The van der Waals surface area contributed by atoms with Crippen molar-refractivity contribution < 1.29 is 18.6 Å². The summed E-state index contributed by atoms with van der Waals surface area (Å²) in [6.45, 7) is 2.07. The van der Waals surface area contributed by atoms with E-state index in [9.17, 15) is 18.6 Å². The second-order valence-electron chi connectivity index (χ2n) is 6.07. The summed E-state index contributed by atoms with van der Waals surface area (Å²) in [5, 5.41) is -0.707. The molecule has 0 saturated carbocycles. The minimum absolute atomic E-state index is 0.272. The zero-order valence-electron chi connectivity index (χ0n) is 13.0. The monoisotopic (exact) mass is 344 g/mol. The van der Waals surface area contributed by atoms with E-state index < -0.39 is 28.1 Å². The first kappa shape index (κ1) is 15.3. The van der Waals surface area contributed by atoms with E-state index in [4.69, 9.17) is 0 Å². The second kappa shape index (κ2) is 5.37. The molecule has 3 aliphatic rings. The number of allylic oxidation sites excluding steroid dienone is 1. The van der Waals surface area contributed by atoms with Crippen LogP contribution in [-0.4, -0.2) is 38.0 Å². The van der Waals surface area contributed by atoms with E-state index in [1.807, 2.05) is 6.07 Å².